The Morgan fingerprint density at radius 3 is 3.18 bits per heavy atom. The van der Waals surface area contributed by atoms with Crippen molar-refractivity contribution in [1.29, 1.82) is 0 Å². The van der Waals surface area contributed by atoms with E-state index in [4.69, 9.17) is 0 Å². The van der Waals surface area contributed by atoms with E-state index in [0.717, 1.165) is 10.7 Å². The van der Waals surface area contributed by atoms with Crippen molar-refractivity contribution >= 4 is 17.3 Å². The highest BCUT2D eigenvalue weighted by Crippen LogP contribution is 2.13. The van der Waals surface area contributed by atoms with Gasteiger partial charge in [0.25, 0.3) is 0 Å². The van der Waals surface area contributed by atoms with E-state index >= 15 is 0 Å². The summed E-state index contributed by atoms with van der Waals surface area (Å²) in [5.74, 6) is 0. The first-order valence-electron chi connectivity index (χ1n) is 3.23. The van der Waals surface area contributed by atoms with Crippen LogP contribution in [0.25, 0.3) is 5.52 Å². The maximum absolute atomic E-state index is 4.20. The quantitative estimate of drug-likeness (QED) is 0.599. The fourth-order valence-corrected chi connectivity index (χ4v) is 1.50. The van der Waals surface area contributed by atoms with Gasteiger partial charge in [-0.1, -0.05) is 11.8 Å². The average Bonchev–Trinajstić information content (AvgIpc) is 2.47. The SMILES string of the molecule is CSc1ncc2cnccn12. The van der Waals surface area contributed by atoms with Crippen molar-refractivity contribution < 1.29 is 0 Å². The zero-order chi connectivity index (χ0) is 7.68. The summed E-state index contributed by atoms with van der Waals surface area (Å²) in [6.45, 7) is 0. The zero-order valence-electron chi connectivity index (χ0n) is 6.06. The van der Waals surface area contributed by atoms with Crippen LogP contribution in [0.4, 0.5) is 0 Å². The molecular weight excluding hydrogens is 158 g/mol. The summed E-state index contributed by atoms with van der Waals surface area (Å²) in [6, 6.07) is 0. The Labute approximate surface area is 68.5 Å². The van der Waals surface area contributed by atoms with E-state index in [0.29, 0.717) is 0 Å². The van der Waals surface area contributed by atoms with E-state index in [1.807, 2.05) is 23.1 Å². The molecule has 4 heteroatoms. The molecule has 0 amide bonds. The average molecular weight is 165 g/mol. The van der Waals surface area contributed by atoms with Crippen LogP contribution in [-0.4, -0.2) is 20.6 Å². The van der Waals surface area contributed by atoms with Gasteiger partial charge in [0, 0.05) is 12.4 Å². The fraction of sp³-hybridized carbons (Fsp3) is 0.143. The number of thioether (sulfide) groups is 1. The van der Waals surface area contributed by atoms with Crippen LogP contribution < -0.4 is 0 Å². The van der Waals surface area contributed by atoms with Gasteiger partial charge in [0.05, 0.1) is 17.9 Å². The smallest absolute Gasteiger partial charge is 0.172 e. The van der Waals surface area contributed by atoms with Crippen molar-refractivity contribution in [3.63, 3.8) is 0 Å². The standard InChI is InChI=1S/C7H7N3S/c1-11-7-9-5-6-4-8-2-3-10(6)7/h2-5H,1H3. The Balaban J connectivity index is 2.76. The van der Waals surface area contributed by atoms with Gasteiger partial charge in [0.15, 0.2) is 5.16 Å². The van der Waals surface area contributed by atoms with Gasteiger partial charge < -0.3 is 0 Å². The molecule has 2 aromatic rings. The first kappa shape index (κ1) is 6.67. The summed E-state index contributed by atoms with van der Waals surface area (Å²) in [6.07, 6.45) is 9.29. The third kappa shape index (κ3) is 0.991. The molecule has 2 aromatic heterocycles. The predicted molar refractivity (Wildman–Crippen MR) is 44.8 cm³/mol. The number of fused-ring (bicyclic) bond motifs is 1. The summed E-state index contributed by atoms with van der Waals surface area (Å²) < 4.78 is 2.01. The van der Waals surface area contributed by atoms with Crippen LogP contribution in [0.1, 0.15) is 0 Å². The molecule has 0 radical (unpaired) electrons. The summed E-state index contributed by atoms with van der Waals surface area (Å²) >= 11 is 1.63. The van der Waals surface area contributed by atoms with Crippen molar-refractivity contribution in [2.75, 3.05) is 6.26 Å². The number of nitrogens with zero attached hydrogens (tertiary/aromatic N) is 3. The lowest BCUT2D eigenvalue weighted by molar-refractivity contribution is 0.950. The molecule has 0 unspecified atom stereocenters. The molecule has 0 aliphatic rings. The van der Waals surface area contributed by atoms with Crippen LogP contribution in [0, 0.1) is 0 Å². The summed E-state index contributed by atoms with van der Waals surface area (Å²) in [7, 11) is 0. The van der Waals surface area contributed by atoms with E-state index in [-0.39, 0.29) is 0 Å². The van der Waals surface area contributed by atoms with Crippen molar-refractivity contribution in [3.05, 3.63) is 24.8 Å². The Kier molecular flexibility index (Phi) is 1.54. The van der Waals surface area contributed by atoms with E-state index < -0.39 is 0 Å². The van der Waals surface area contributed by atoms with Crippen LogP contribution in [0.15, 0.2) is 29.9 Å². The summed E-state index contributed by atoms with van der Waals surface area (Å²) in [5.41, 5.74) is 1.04. The molecule has 11 heavy (non-hydrogen) atoms. The number of hydrogen-bond donors (Lipinski definition) is 0. The van der Waals surface area contributed by atoms with E-state index in [2.05, 4.69) is 9.97 Å². The van der Waals surface area contributed by atoms with Gasteiger partial charge >= 0.3 is 0 Å². The molecule has 0 atom stereocenters. The Morgan fingerprint density at radius 1 is 1.45 bits per heavy atom. The minimum Gasteiger partial charge on any atom is -0.292 e. The van der Waals surface area contributed by atoms with Gasteiger partial charge in [-0.15, -0.1) is 0 Å². The van der Waals surface area contributed by atoms with E-state index in [9.17, 15) is 0 Å². The molecule has 0 N–H and O–H groups in total. The molecule has 0 saturated heterocycles. The molecule has 0 aromatic carbocycles. The zero-order valence-corrected chi connectivity index (χ0v) is 6.88. The Hall–Kier alpha value is -1.03. The lowest BCUT2D eigenvalue weighted by Crippen LogP contribution is -1.85. The number of hydrogen-bond acceptors (Lipinski definition) is 3. The molecular formula is C7H7N3S. The highest BCUT2D eigenvalue weighted by atomic mass is 32.2. The van der Waals surface area contributed by atoms with Crippen molar-refractivity contribution in [2.24, 2.45) is 0 Å². The number of rotatable bonds is 1. The van der Waals surface area contributed by atoms with Gasteiger partial charge in [0.2, 0.25) is 0 Å². The molecule has 56 valence electrons. The fourth-order valence-electron chi connectivity index (χ4n) is 0.977. The molecule has 0 bridgehead atoms. The lowest BCUT2D eigenvalue weighted by atomic mass is 10.6. The second-order valence-corrected chi connectivity index (χ2v) is 2.89. The summed E-state index contributed by atoms with van der Waals surface area (Å²) in [4.78, 5) is 8.19. The first-order chi connectivity index (χ1) is 5.42. The van der Waals surface area contributed by atoms with Crippen molar-refractivity contribution in [3.8, 4) is 0 Å². The highest BCUT2D eigenvalue weighted by Gasteiger charge is 1.98. The van der Waals surface area contributed by atoms with Gasteiger partial charge in [-0.25, -0.2) is 4.98 Å². The molecule has 0 aliphatic carbocycles. The van der Waals surface area contributed by atoms with Gasteiger partial charge in [-0.2, -0.15) is 0 Å². The molecule has 2 heterocycles. The maximum atomic E-state index is 4.20. The molecule has 0 saturated carbocycles. The normalized spacial score (nSPS) is 10.6. The second-order valence-electron chi connectivity index (χ2n) is 2.12. The van der Waals surface area contributed by atoms with Crippen LogP contribution in [0.5, 0.6) is 0 Å². The maximum Gasteiger partial charge on any atom is 0.172 e. The Bertz CT molecular complexity index is 368. The molecule has 2 rings (SSSR count). The van der Waals surface area contributed by atoms with Gasteiger partial charge in [-0.3, -0.25) is 9.38 Å². The third-order valence-electron chi connectivity index (χ3n) is 1.48. The van der Waals surface area contributed by atoms with E-state index in [1.54, 1.807) is 24.2 Å². The van der Waals surface area contributed by atoms with Crippen molar-refractivity contribution in [1.82, 2.24) is 14.4 Å². The highest BCUT2D eigenvalue weighted by molar-refractivity contribution is 7.98. The molecule has 0 fully saturated rings. The first-order valence-corrected chi connectivity index (χ1v) is 4.45. The lowest BCUT2D eigenvalue weighted by Gasteiger charge is -1.93. The minimum atomic E-state index is 1.00. The Morgan fingerprint density at radius 2 is 2.36 bits per heavy atom. The van der Waals surface area contributed by atoms with E-state index in [1.165, 1.54) is 0 Å². The third-order valence-corrected chi connectivity index (χ3v) is 2.15. The largest absolute Gasteiger partial charge is 0.292 e. The molecule has 0 spiro atoms. The van der Waals surface area contributed by atoms with Gasteiger partial charge in [0.1, 0.15) is 0 Å². The monoisotopic (exact) mass is 165 g/mol. The predicted octanol–water partition coefficient (Wildman–Crippen LogP) is 1.45. The van der Waals surface area contributed by atoms with Crippen LogP contribution >= 0.6 is 11.8 Å². The second kappa shape index (κ2) is 2.54. The van der Waals surface area contributed by atoms with Crippen LogP contribution in [0.2, 0.25) is 0 Å². The molecule has 3 nitrogen and oxygen atoms in total. The van der Waals surface area contributed by atoms with Crippen molar-refractivity contribution in [2.45, 2.75) is 5.16 Å². The minimum absolute atomic E-state index is 1.00. The number of aromatic nitrogens is 3. The topological polar surface area (TPSA) is 30.2 Å². The van der Waals surface area contributed by atoms with Crippen LogP contribution in [0.3, 0.4) is 0 Å². The van der Waals surface area contributed by atoms with Gasteiger partial charge in [-0.05, 0) is 6.26 Å². The van der Waals surface area contributed by atoms with Crippen LogP contribution in [-0.2, 0) is 0 Å². The number of imidazole rings is 1. The molecule has 0 aliphatic heterocycles. The summed E-state index contributed by atoms with van der Waals surface area (Å²) in [5, 5.41) is 1.00.